The van der Waals surface area contributed by atoms with Crippen molar-refractivity contribution in [1.29, 1.82) is 0 Å². The molecule has 0 amide bonds. The zero-order chi connectivity index (χ0) is 23.1. The Hall–Kier alpha value is -2.66. The number of hydrogen-bond donors (Lipinski definition) is 1. The number of ketones is 1. The third kappa shape index (κ3) is 3.16. The van der Waals surface area contributed by atoms with Crippen LogP contribution in [0.2, 0.25) is 0 Å². The maximum atomic E-state index is 13.4. The molecule has 0 spiro atoms. The van der Waals surface area contributed by atoms with Gasteiger partial charge in [-0.3, -0.25) is 14.1 Å². The van der Waals surface area contributed by atoms with Crippen LogP contribution >= 0.6 is 0 Å². The van der Waals surface area contributed by atoms with Crippen molar-refractivity contribution in [2.45, 2.75) is 45.1 Å². The third-order valence-corrected chi connectivity index (χ3v) is 8.40. The molecule has 11 heteroatoms. The number of benzene rings is 1. The summed E-state index contributed by atoms with van der Waals surface area (Å²) < 4.78 is 52.7. The summed E-state index contributed by atoms with van der Waals surface area (Å²) >= 11 is 0. The molecule has 5 aliphatic rings. The van der Waals surface area contributed by atoms with Crippen molar-refractivity contribution in [3.05, 3.63) is 11.1 Å². The van der Waals surface area contributed by atoms with Crippen molar-refractivity contribution < 1.29 is 46.0 Å². The molecule has 6 bridgehead atoms. The van der Waals surface area contributed by atoms with Crippen LogP contribution in [0.3, 0.4) is 0 Å². The summed E-state index contributed by atoms with van der Waals surface area (Å²) in [6, 6.07) is 0. The second-order valence-corrected chi connectivity index (χ2v) is 11.3. The largest absolute Gasteiger partial charge is 0.481 e. The van der Waals surface area contributed by atoms with Gasteiger partial charge >= 0.3 is 11.9 Å². The summed E-state index contributed by atoms with van der Waals surface area (Å²) in [7, 11) is -4.15. The van der Waals surface area contributed by atoms with Crippen LogP contribution < -0.4 is 9.47 Å². The van der Waals surface area contributed by atoms with E-state index in [0.29, 0.717) is 36.3 Å². The van der Waals surface area contributed by atoms with Crippen LogP contribution in [0.15, 0.2) is 4.42 Å². The van der Waals surface area contributed by atoms with E-state index in [1.54, 1.807) is 0 Å². The Morgan fingerprint density at radius 1 is 1.12 bits per heavy atom. The van der Waals surface area contributed by atoms with Gasteiger partial charge in [-0.25, -0.2) is 4.79 Å². The monoisotopic (exact) mass is 478 g/mol. The molecular formula is C22H22O10S. The number of carbonyl (C=O) groups excluding carboxylic acids is 3. The van der Waals surface area contributed by atoms with Crippen molar-refractivity contribution >= 4 is 39.0 Å². The lowest BCUT2D eigenvalue weighted by atomic mass is 9.49. The van der Waals surface area contributed by atoms with Gasteiger partial charge in [-0.05, 0) is 44.4 Å². The molecule has 7 rings (SSSR count). The average Bonchev–Trinajstić information content (AvgIpc) is 3.37. The normalized spacial score (nSPS) is 29.6. The SMILES string of the molecule is O=C(OCCCS(=O)(=O)O)c1c2c3oc1c(OC(=O)C14CC5CC(C1)C(=O)C(C5)C4)c3OC2. The Morgan fingerprint density at radius 2 is 1.85 bits per heavy atom. The predicted molar refractivity (Wildman–Crippen MR) is 110 cm³/mol. The Balaban J connectivity index is 1.23. The van der Waals surface area contributed by atoms with Crippen LogP contribution in [0.25, 0.3) is 11.2 Å². The van der Waals surface area contributed by atoms with E-state index in [0.717, 1.165) is 12.8 Å². The lowest BCUT2D eigenvalue weighted by Crippen LogP contribution is -2.55. The molecule has 2 unspecified atom stereocenters. The molecule has 0 saturated heterocycles. The second-order valence-electron chi connectivity index (χ2n) is 9.75. The van der Waals surface area contributed by atoms with Gasteiger partial charge in [-0.1, -0.05) is 0 Å². The summed E-state index contributed by atoms with van der Waals surface area (Å²) in [6.45, 7) is -0.150. The van der Waals surface area contributed by atoms with E-state index in [2.05, 4.69) is 0 Å². The Labute approximate surface area is 188 Å². The number of fused-ring (bicyclic) bond motifs is 1. The lowest BCUT2D eigenvalue weighted by Gasteiger charge is -2.53. The molecular weight excluding hydrogens is 456 g/mol. The highest BCUT2D eigenvalue weighted by Crippen LogP contribution is 2.60. The van der Waals surface area contributed by atoms with Crippen LogP contribution in [0.5, 0.6) is 11.5 Å². The van der Waals surface area contributed by atoms with E-state index >= 15 is 0 Å². The fourth-order valence-corrected chi connectivity index (χ4v) is 6.90. The minimum Gasteiger partial charge on any atom is -0.481 e. The van der Waals surface area contributed by atoms with E-state index in [-0.39, 0.29) is 59.9 Å². The van der Waals surface area contributed by atoms with E-state index < -0.39 is 33.2 Å². The van der Waals surface area contributed by atoms with Gasteiger partial charge in [-0.2, -0.15) is 8.42 Å². The lowest BCUT2D eigenvalue weighted by molar-refractivity contribution is -0.167. The first-order valence-electron chi connectivity index (χ1n) is 11.1. The molecule has 10 nitrogen and oxygen atoms in total. The molecule has 1 N–H and O–H groups in total. The number of esters is 2. The van der Waals surface area contributed by atoms with Gasteiger partial charge in [-0.15, -0.1) is 0 Å². The molecule has 3 heterocycles. The summed E-state index contributed by atoms with van der Waals surface area (Å²) in [5.41, 5.74) is 0.300. The first kappa shape index (κ1) is 20.9. The molecule has 1 aliphatic heterocycles. The van der Waals surface area contributed by atoms with Crippen LogP contribution in [0.1, 0.15) is 54.4 Å². The third-order valence-electron chi connectivity index (χ3n) is 7.59. The van der Waals surface area contributed by atoms with Gasteiger partial charge in [0.25, 0.3) is 10.1 Å². The smallest absolute Gasteiger partial charge is 0.342 e. The molecule has 2 atom stereocenters. The minimum atomic E-state index is -4.15. The number of furan rings is 2. The van der Waals surface area contributed by atoms with Crippen molar-refractivity contribution in [3.8, 4) is 11.5 Å². The van der Waals surface area contributed by atoms with Crippen LogP contribution in [0, 0.1) is 23.2 Å². The zero-order valence-electron chi connectivity index (χ0n) is 17.6. The molecule has 0 aromatic carbocycles. The van der Waals surface area contributed by atoms with Gasteiger partial charge in [0.15, 0.2) is 11.2 Å². The Bertz CT molecular complexity index is 1270. The molecule has 2 aromatic rings. The molecule has 2 aromatic heterocycles. The highest BCUT2D eigenvalue weighted by atomic mass is 32.2. The maximum absolute atomic E-state index is 13.4. The maximum Gasteiger partial charge on any atom is 0.342 e. The van der Waals surface area contributed by atoms with Gasteiger partial charge < -0.3 is 18.6 Å². The Morgan fingerprint density at radius 3 is 2.55 bits per heavy atom. The molecule has 176 valence electrons. The number of Topliss-reactive ketones (excluding diaryl/α,β-unsaturated/α-hetero) is 1. The Kier molecular flexibility index (Phi) is 4.39. The minimum absolute atomic E-state index is 0.0585. The molecule has 4 saturated carbocycles. The van der Waals surface area contributed by atoms with Gasteiger partial charge in [0.2, 0.25) is 11.5 Å². The standard InChI is InChI=1S/C22H22O10S/c23-15-11-4-10-5-12(15)8-22(6-10,7-11)21(25)32-19-17-14(13-9-30-18(19)16(13)31-17)20(24)29-2-1-3-33(26,27)28/h10-12H,1-9H2,(H,26,27,28). The van der Waals surface area contributed by atoms with Crippen LogP contribution in [-0.2, 0) is 31.1 Å². The zero-order valence-corrected chi connectivity index (χ0v) is 18.4. The number of rotatable bonds is 7. The fourth-order valence-electron chi connectivity index (χ4n) is 6.41. The van der Waals surface area contributed by atoms with Crippen LogP contribution in [0.4, 0.5) is 0 Å². The number of hydrogen-bond acceptors (Lipinski definition) is 9. The highest BCUT2D eigenvalue weighted by molar-refractivity contribution is 7.85. The second kappa shape index (κ2) is 6.92. The number of carbonyl (C=O) groups is 3. The topological polar surface area (TPSA) is 146 Å². The summed E-state index contributed by atoms with van der Waals surface area (Å²) in [5, 5.41) is 0. The average molecular weight is 478 g/mol. The van der Waals surface area contributed by atoms with Crippen molar-refractivity contribution in [1.82, 2.24) is 0 Å². The van der Waals surface area contributed by atoms with Crippen molar-refractivity contribution in [2.24, 2.45) is 23.2 Å². The summed E-state index contributed by atoms with van der Waals surface area (Å²) in [5.74, 6) is -0.880. The van der Waals surface area contributed by atoms with E-state index in [9.17, 15) is 22.8 Å². The molecule has 0 radical (unpaired) electrons. The first-order chi connectivity index (χ1) is 15.7. The van der Waals surface area contributed by atoms with Gasteiger partial charge in [0.1, 0.15) is 18.0 Å². The molecule has 4 fully saturated rings. The van der Waals surface area contributed by atoms with Crippen LogP contribution in [-0.4, -0.2) is 43.1 Å². The van der Waals surface area contributed by atoms with Gasteiger partial charge in [0.05, 0.1) is 23.3 Å². The van der Waals surface area contributed by atoms with Crippen molar-refractivity contribution in [2.75, 3.05) is 12.4 Å². The summed E-state index contributed by atoms with van der Waals surface area (Å²) in [6.07, 6.45) is 3.32. The van der Waals surface area contributed by atoms with E-state index in [1.807, 2.05) is 0 Å². The first-order valence-corrected chi connectivity index (χ1v) is 12.7. The number of ether oxygens (including phenoxy) is 3. The summed E-state index contributed by atoms with van der Waals surface area (Å²) in [4.78, 5) is 38.5. The highest BCUT2D eigenvalue weighted by Gasteiger charge is 2.59. The van der Waals surface area contributed by atoms with Crippen molar-refractivity contribution in [3.63, 3.8) is 0 Å². The molecule has 33 heavy (non-hydrogen) atoms. The van der Waals surface area contributed by atoms with E-state index in [1.165, 1.54) is 0 Å². The molecule has 4 aliphatic carbocycles. The predicted octanol–water partition coefficient (Wildman–Crippen LogP) is 2.50. The van der Waals surface area contributed by atoms with E-state index in [4.69, 9.17) is 23.2 Å². The quantitative estimate of drug-likeness (QED) is 0.272. The fraction of sp³-hybridized carbons (Fsp3) is 0.591. The van der Waals surface area contributed by atoms with Gasteiger partial charge in [0, 0.05) is 11.8 Å².